The van der Waals surface area contributed by atoms with Crippen LogP contribution in [0.4, 0.5) is 0 Å². The molecule has 0 saturated carbocycles. The van der Waals surface area contributed by atoms with Gasteiger partial charge in [0.1, 0.15) is 0 Å². The van der Waals surface area contributed by atoms with E-state index in [0.717, 1.165) is 10.0 Å². The molecular formula is C20H26BrIN4O. The summed E-state index contributed by atoms with van der Waals surface area (Å²) < 4.78 is 1.06. The van der Waals surface area contributed by atoms with Crippen LogP contribution in [-0.4, -0.2) is 37.4 Å². The first kappa shape index (κ1) is 23.4. The maximum atomic E-state index is 11.9. The van der Waals surface area contributed by atoms with Crippen molar-refractivity contribution in [3.05, 3.63) is 69.7 Å². The van der Waals surface area contributed by atoms with Gasteiger partial charge in [-0.2, -0.15) is 0 Å². The van der Waals surface area contributed by atoms with Gasteiger partial charge in [-0.1, -0.05) is 52.3 Å². The third-order valence-electron chi connectivity index (χ3n) is 3.92. The van der Waals surface area contributed by atoms with Gasteiger partial charge in [-0.15, -0.1) is 24.0 Å². The van der Waals surface area contributed by atoms with Crippen LogP contribution in [0.15, 0.2) is 58.0 Å². The normalized spacial score (nSPS) is 10.7. The number of nitrogens with zero attached hydrogens (tertiary/aromatic N) is 2. The Balaban J connectivity index is 0.00000364. The number of likely N-dealkylation sites (N-methyl/N-ethyl adjacent to an activating group) is 1. The van der Waals surface area contributed by atoms with E-state index < -0.39 is 0 Å². The lowest BCUT2D eigenvalue weighted by Gasteiger charge is -2.16. The maximum absolute atomic E-state index is 11.9. The molecule has 2 N–H and O–H groups in total. The van der Waals surface area contributed by atoms with Crippen LogP contribution in [0.3, 0.4) is 0 Å². The first-order valence-electron chi connectivity index (χ1n) is 8.47. The van der Waals surface area contributed by atoms with Crippen LogP contribution in [0.25, 0.3) is 0 Å². The van der Waals surface area contributed by atoms with Gasteiger partial charge in [0.05, 0.1) is 13.1 Å². The molecular weight excluding hydrogens is 519 g/mol. The van der Waals surface area contributed by atoms with Gasteiger partial charge in [-0.05, 0) is 35.7 Å². The van der Waals surface area contributed by atoms with E-state index in [-0.39, 0.29) is 36.4 Å². The number of guanidine groups is 1. The minimum absolute atomic E-state index is 0. The molecule has 0 aliphatic rings. The number of nitrogens with one attached hydrogen (secondary N) is 2. The summed E-state index contributed by atoms with van der Waals surface area (Å²) in [6.07, 6.45) is 0. The monoisotopic (exact) mass is 544 g/mol. The molecule has 7 heteroatoms. The highest BCUT2D eigenvalue weighted by Gasteiger charge is 2.07. The number of carbonyl (C=O) groups is 1. The molecule has 1 amide bonds. The van der Waals surface area contributed by atoms with Crippen LogP contribution in [0.2, 0.25) is 0 Å². The number of hydrogen-bond donors (Lipinski definition) is 2. The minimum Gasteiger partial charge on any atom is -0.352 e. The molecule has 0 aliphatic carbocycles. The summed E-state index contributed by atoms with van der Waals surface area (Å²) in [5, 5.41) is 6.42. The summed E-state index contributed by atoms with van der Waals surface area (Å²) in [5.74, 6) is 0.616. The number of aliphatic imine (C=N–C) groups is 1. The van der Waals surface area contributed by atoms with Crippen LogP contribution in [-0.2, 0) is 17.9 Å². The smallest absolute Gasteiger partial charge is 0.241 e. The third-order valence-corrected chi connectivity index (χ3v) is 4.41. The SMILES string of the molecule is Cc1cc(Br)ccc1CNC(=NCc1ccccc1)NCC(=O)N(C)C.I. The number of carbonyl (C=O) groups excluding carboxylic acids is 1. The van der Waals surface area contributed by atoms with Gasteiger partial charge < -0.3 is 15.5 Å². The second kappa shape index (κ2) is 12.0. The topological polar surface area (TPSA) is 56.7 Å². The predicted molar refractivity (Wildman–Crippen MR) is 125 cm³/mol. The molecule has 0 aliphatic heterocycles. The molecule has 0 bridgehead atoms. The van der Waals surface area contributed by atoms with Crippen molar-refractivity contribution in [2.75, 3.05) is 20.6 Å². The van der Waals surface area contributed by atoms with Crippen molar-refractivity contribution in [1.82, 2.24) is 15.5 Å². The summed E-state index contributed by atoms with van der Waals surface area (Å²) >= 11 is 3.48. The largest absolute Gasteiger partial charge is 0.352 e. The number of halogens is 2. The van der Waals surface area contributed by atoms with E-state index in [9.17, 15) is 4.79 Å². The van der Waals surface area contributed by atoms with Gasteiger partial charge in [-0.3, -0.25) is 4.79 Å². The molecule has 0 unspecified atom stereocenters. The molecule has 0 heterocycles. The summed E-state index contributed by atoms with van der Waals surface area (Å²) in [5.41, 5.74) is 3.49. The zero-order valence-electron chi connectivity index (χ0n) is 15.8. The first-order valence-corrected chi connectivity index (χ1v) is 9.26. The Bertz CT molecular complexity index is 766. The lowest BCUT2D eigenvalue weighted by molar-refractivity contribution is -0.127. The Kier molecular flexibility index (Phi) is 10.4. The molecule has 0 radical (unpaired) electrons. The van der Waals surface area contributed by atoms with E-state index in [0.29, 0.717) is 19.0 Å². The Morgan fingerprint density at radius 1 is 1.11 bits per heavy atom. The molecule has 2 aromatic rings. The Morgan fingerprint density at radius 2 is 1.81 bits per heavy atom. The predicted octanol–water partition coefficient (Wildman–Crippen LogP) is 3.70. The second-order valence-electron chi connectivity index (χ2n) is 6.22. The van der Waals surface area contributed by atoms with E-state index in [1.807, 2.05) is 36.4 Å². The highest BCUT2D eigenvalue weighted by molar-refractivity contribution is 14.0. The summed E-state index contributed by atoms with van der Waals surface area (Å²) in [6.45, 7) is 3.46. The Hall–Kier alpha value is -1.61. The summed E-state index contributed by atoms with van der Waals surface area (Å²) in [4.78, 5) is 18.0. The average Bonchev–Trinajstić information content (AvgIpc) is 2.62. The molecule has 2 aromatic carbocycles. The molecule has 2 rings (SSSR count). The zero-order valence-corrected chi connectivity index (χ0v) is 19.7. The maximum Gasteiger partial charge on any atom is 0.241 e. The van der Waals surface area contributed by atoms with Crippen molar-refractivity contribution in [2.24, 2.45) is 4.99 Å². The van der Waals surface area contributed by atoms with Crippen LogP contribution < -0.4 is 10.6 Å². The van der Waals surface area contributed by atoms with Crippen LogP contribution in [0.5, 0.6) is 0 Å². The molecule has 5 nitrogen and oxygen atoms in total. The molecule has 0 fully saturated rings. The van der Waals surface area contributed by atoms with Crippen molar-refractivity contribution in [2.45, 2.75) is 20.0 Å². The van der Waals surface area contributed by atoms with Gasteiger partial charge in [0, 0.05) is 25.1 Å². The van der Waals surface area contributed by atoms with Gasteiger partial charge in [0.15, 0.2) is 5.96 Å². The highest BCUT2D eigenvalue weighted by Crippen LogP contribution is 2.15. The number of rotatable bonds is 6. The Morgan fingerprint density at radius 3 is 2.44 bits per heavy atom. The first-order chi connectivity index (χ1) is 12.5. The molecule has 146 valence electrons. The lowest BCUT2D eigenvalue weighted by atomic mass is 10.1. The van der Waals surface area contributed by atoms with Crippen molar-refractivity contribution in [3.63, 3.8) is 0 Å². The number of aryl methyl sites for hydroxylation is 1. The quantitative estimate of drug-likeness (QED) is 0.331. The van der Waals surface area contributed by atoms with E-state index >= 15 is 0 Å². The van der Waals surface area contributed by atoms with E-state index in [4.69, 9.17) is 0 Å². The molecule has 0 spiro atoms. The van der Waals surface area contributed by atoms with Crippen molar-refractivity contribution in [1.29, 1.82) is 0 Å². The molecule has 0 saturated heterocycles. The fourth-order valence-electron chi connectivity index (χ4n) is 2.28. The van der Waals surface area contributed by atoms with E-state index in [2.05, 4.69) is 50.6 Å². The third kappa shape index (κ3) is 8.30. The van der Waals surface area contributed by atoms with Crippen LogP contribution >= 0.6 is 39.9 Å². The van der Waals surface area contributed by atoms with Gasteiger partial charge in [-0.25, -0.2) is 4.99 Å². The minimum atomic E-state index is -0.000895. The summed E-state index contributed by atoms with van der Waals surface area (Å²) in [6, 6.07) is 16.2. The van der Waals surface area contributed by atoms with Gasteiger partial charge >= 0.3 is 0 Å². The molecule has 27 heavy (non-hydrogen) atoms. The fourth-order valence-corrected chi connectivity index (χ4v) is 2.76. The molecule has 0 atom stereocenters. The second-order valence-corrected chi connectivity index (χ2v) is 7.13. The number of amides is 1. The fraction of sp³-hybridized carbons (Fsp3) is 0.300. The van der Waals surface area contributed by atoms with Crippen LogP contribution in [0, 0.1) is 6.92 Å². The lowest BCUT2D eigenvalue weighted by Crippen LogP contribution is -2.42. The Labute approximate surface area is 186 Å². The van der Waals surface area contributed by atoms with Gasteiger partial charge in [0.2, 0.25) is 5.91 Å². The zero-order chi connectivity index (χ0) is 18.9. The van der Waals surface area contributed by atoms with E-state index in [1.54, 1.807) is 19.0 Å². The van der Waals surface area contributed by atoms with Crippen molar-refractivity contribution >= 4 is 51.8 Å². The number of benzene rings is 2. The average molecular weight is 545 g/mol. The van der Waals surface area contributed by atoms with Gasteiger partial charge in [0.25, 0.3) is 0 Å². The number of hydrogen-bond acceptors (Lipinski definition) is 2. The molecule has 0 aromatic heterocycles. The van der Waals surface area contributed by atoms with Crippen LogP contribution in [0.1, 0.15) is 16.7 Å². The summed E-state index contributed by atoms with van der Waals surface area (Å²) in [7, 11) is 3.48. The van der Waals surface area contributed by atoms with Crippen molar-refractivity contribution < 1.29 is 4.79 Å². The standard InChI is InChI=1S/C20H25BrN4O.HI/c1-15-11-18(21)10-9-17(15)13-23-20(24-14-19(26)25(2)3)22-12-16-7-5-4-6-8-16;/h4-11H,12-14H2,1-3H3,(H2,22,23,24);1H. The van der Waals surface area contributed by atoms with E-state index in [1.165, 1.54) is 11.1 Å². The highest BCUT2D eigenvalue weighted by atomic mass is 127. The van der Waals surface area contributed by atoms with Crippen molar-refractivity contribution in [3.8, 4) is 0 Å².